The van der Waals surface area contributed by atoms with E-state index in [0.29, 0.717) is 6.04 Å². The highest BCUT2D eigenvalue weighted by molar-refractivity contribution is 4.98. The van der Waals surface area contributed by atoms with Crippen LogP contribution in [-0.2, 0) is 6.42 Å². The van der Waals surface area contributed by atoms with Crippen LogP contribution in [0.4, 0.5) is 0 Å². The number of nitrogens with one attached hydrogen (secondary N) is 1. The summed E-state index contributed by atoms with van der Waals surface area (Å²) in [5.41, 5.74) is 0. The fraction of sp³-hybridized carbons (Fsp3) is 0.538. The van der Waals surface area contributed by atoms with Gasteiger partial charge in [-0.3, -0.25) is 0 Å². The summed E-state index contributed by atoms with van der Waals surface area (Å²) in [4.78, 5) is 0. The van der Waals surface area contributed by atoms with Crippen molar-refractivity contribution in [3.63, 3.8) is 0 Å². The highest BCUT2D eigenvalue weighted by atomic mass is 16.3. The summed E-state index contributed by atoms with van der Waals surface area (Å²) >= 11 is 0. The molecule has 0 fully saturated rings. The average Bonchev–Trinajstić information content (AvgIpc) is 2.74. The van der Waals surface area contributed by atoms with E-state index in [-0.39, 0.29) is 0 Å². The van der Waals surface area contributed by atoms with Crippen molar-refractivity contribution in [2.24, 2.45) is 0 Å². The van der Waals surface area contributed by atoms with E-state index in [9.17, 15) is 0 Å². The van der Waals surface area contributed by atoms with Gasteiger partial charge >= 0.3 is 0 Å². The molecule has 2 heteroatoms. The van der Waals surface area contributed by atoms with Crippen LogP contribution in [0.25, 0.3) is 0 Å². The molecule has 0 spiro atoms. The van der Waals surface area contributed by atoms with Crippen molar-refractivity contribution in [1.29, 1.82) is 0 Å². The van der Waals surface area contributed by atoms with Crippen LogP contribution < -0.4 is 5.32 Å². The molecular weight excluding hydrogens is 186 g/mol. The Morgan fingerprint density at radius 3 is 3.07 bits per heavy atom. The Labute approximate surface area is 92.4 Å². The Balaban J connectivity index is 2.06. The molecule has 0 aliphatic carbocycles. The minimum absolute atomic E-state index is 0.556. The van der Waals surface area contributed by atoms with Crippen LogP contribution >= 0.6 is 0 Å². The number of furan rings is 1. The van der Waals surface area contributed by atoms with Crippen LogP contribution in [0.2, 0.25) is 0 Å². The largest absolute Gasteiger partial charge is 0.469 e. The van der Waals surface area contributed by atoms with E-state index in [1.54, 1.807) is 6.26 Å². The van der Waals surface area contributed by atoms with E-state index in [1.807, 2.05) is 12.1 Å². The molecule has 0 saturated heterocycles. The summed E-state index contributed by atoms with van der Waals surface area (Å²) in [6, 6.07) is 4.53. The van der Waals surface area contributed by atoms with Crippen LogP contribution in [-0.4, -0.2) is 12.6 Å². The molecule has 84 valence electrons. The summed E-state index contributed by atoms with van der Waals surface area (Å²) in [5.74, 6) is 1.08. The zero-order chi connectivity index (χ0) is 10.9. The third kappa shape index (κ3) is 5.43. The Morgan fingerprint density at radius 1 is 1.53 bits per heavy atom. The van der Waals surface area contributed by atoms with Crippen LogP contribution in [0.3, 0.4) is 0 Å². The minimum Gasteiger partial charge on any atom is -0.469 e. The second kappa shape index (κ2) is 7.30. The highest BCUT2D eigenvalue weighted by Crippen LogP contribution is 2.05. The lowest BCUT2D eigenvalue weighted by Gasteiger charge is -2.11. The maximum atomic E-state index is 5.29. The average molecular weight is 207 g/mol. The maximum absolute atomic E-state index is 5.29. The first kappa shape index (κ1) is 12.1. The van der Waals surface area contributed by atoms with E-state index < -0.39 is 0 Å². The molecule has 2 nitrogen and oxygen atoms in total. The lowest BCUT2D eigenvalue weighted by molar-refractivity contribution is 0.462. The molecule has 1 rings (SSSR count). The lowest BCUT2D eigenvalue weighted by Crippen LogP contribution is -2.27. The Morgan fingerprint density at radius 2 is 2.40 bits per heavy atom. The molecule has 0 amide bonds. The van der Waals surface area contributed by atoms with Gasteiger partial charge in [0.25, 0.3) is 0 Å². The first-order valence-electron chi connectivity index (χ1n) is 5.70. The van der Waals surface area contributed by atoms with Crippen molar-refractivity contribution in [2.75, 3.05) is 6.54 Å². The highest BCUT2D eigenvalue weighted by Gasteiger charge is 2.02. The molecule has 0 bridgehead atoms. The third-order valence-corrected chi connectivity index (χ3v) is 2.44. The smallest absolute Gasteiger partial charge is 0.103 e. The number of allylic oxidation sites excluding steroid dienone is 1. The van der Waals surface area contributed by atoms with Crippen LogP contribution in [0, 0.1) is 0 Å². The number of rotatable bonds is 7. The first-order valence-corrected chi connectivity index (χ1v) is 5.70. The maximum Gasteiger partial charge on any atom is 0.103 e. The normalized spacial score (nSPS) is 13.5. The molecular formula is C13H21NO. The molecule has 0 aliphatic rings. The second-order valence-electron chi connectivity index (χ2n) is 3.83. The Hall–Kier alpha value is -1.02. The minimum atomic E-state index is 0.556. The summed E-state index contributed by atoms with van der Waals surface area (Å²) in [7, 11) is 0. The SMILES string of the molecule is C/C=C/CCNC(C)CCc1ccco1. The standard InChI is InChI=1S/C13H21NO/c1-3-4-5-10-14-12(2)8-9-13-7-6-11-15-13/h3-4,6-7,11-12,14H,5,8-10H2,1-2H3/b4-3+. The Bertz CT molecular complexity index is 264. The molecule has 1 atom stereocenters. The van der Waals surface area contributed by atoms with Gasteiger partial charge in [-0.2, -0.15) is 0 Å². The Kier molecular flexibility index (Phi) is 5.86. The zero-order valence-electron chi connectivity index (χ0n) is 9.70. The van der Waals surface area contributed by atoms with E-state index in [4.69, 9.17) is 4.42 Å². The van der Waals surface area contributed by atoms with Gasteiger partial charge in [0.1, 0.15) is 5.76 Å². The monoisotopic (exact) mass is 207 g/mol. The third-order valence-electron chi connectivity index (χ3n) is 2.44. The van der Waals surface area contributed by atoms with Crippen LogP contribution in [0.15, 0.2) is 35.0 Å². The van der Waals surface area contributed by atoms with E-state index in [0.717, 1.165) is 31.6 Å². The molecule has 1 aromatic rings. The van der Waals surface area contributed by atoms with E-state index >= 15 is 0 Å². The molecule has 0 radical (unpaired) electrons. The van der Waals surface area contributed by atoms with Gasteiger partial charge in [0.2, 0.25) is 0 Å². The fourth-order valence-electron chi connectivity index (χ4n) is 1.50. The zero-order valence-corrected chi connectivity index (χ0v) is 9.70. The molecule has 1 heterocycles. The van der Waals surface area contributed by atoms with E-state index in [1.165, 1.54) is 0 Å². The number of hydrogen-bond acceptors (Lipinski definition) is 2. The van der Waals surface area contributed by atoms with Gasteiger partial charge in [-0.05, 0) is 45.4 Å². The summed E-state index contributed by atoms with van der Waals surface area (Å²) in [6.45, 7) is 5.34. The predicted molar refractivity (Wildman–Crippen MR) is 63.9 cm³/mol. The van der Waals surface area contributed by atoms with Gasteiger partial charge in [-0.15, -0.1) is 0 Å². The second-order valence-corrected chi connectivity index (χ2v) is 3.83. The van der Waals surface area contributed by atoms with Crippen molar-refractivity contribution >= 4 is 0 Å². The topological polar surface area (TPSA) is 25.2 Å². The van der Waals surface area contributed by atoms with Crippen molar-refractivity contribution in [1.82, 2.24) is 5.32 Å². The molecule has 15 heavy (non-hydrogen) atoms. The van der Waals surface area contributed by atoms with Crippen molar-refractivity contribution < 1.29 is 4.42 Å². The number of hydrogen-bond donors (Lipinski definition) is 1. The van der Waals surface area contributed by atoms with Gasteiger partial charge in [-0.25, -0.2) is 0 Å². The van der Waals surface area contributed by atoms with Crippen molar-refractivity contribution in [3.05, 3.63) is 36.3 Å². The number of aryl methyl sites for hydroxylation is 1. The van der Waals surface area contributed by atoms with Gasteiger partial charge in [0, 0.05) is 12.5 Å². The predicted octanol–water partition coefficient (Wildman–Crippen LogP) is 3.16. The quantitative estimate of drug-likeness (QED) is 0.549. The van der Waals surface area contributed by atoms with Gasteiger partial charge in [0.05, 0.1) is 6.26 Å². The van der Waals surface area contributed by atoms with Crippen LogP contribution in [0.5, 0.6) is 0 Å². The summed E-state index contributed by atoms with van der Waals surface area (Å²) < 4.78 is 5.29. The van der Waals surface area contributed by atoms with Crippen LogP contribution in [0.1, 0.15) is 32.4 Å². The van der Waals surface area contributed by atoms with Crippen molar-refractivity contribution in [3.8, 4) is 0 Å². The first-order chi connectivity index (χ1) is 7.33. The molecule has 1 N–H and O–H groups in total. The molecule has 0 aromatic carbocycles. The summed E-state index contributed by atoms with van der Waals surface area (Å²) in [5, 5.41) is 3.49. The lowest BCUT2D eigenvalue weighted by atomic mass is 10.1. The fourth-order valence-corrected chi connectivity index (χ4v) is 1.50. The molecule has 0 saturated carbocycles. The van der Waals surface area contributed by atoms with E-state index in [2.05, 4.69) is 31.3 Å². The van der Waals surface area contributed by atoms with Gasteiger partial charge in [-0.1, -0.05) is 12.2 Å². The summed E-state index contributed by atoms with van der Waals surface area (Å²) in [6.07, 6.45) is 9.27. The molecule has 0 aliphatic heterocycles. The van der Waals surface area contributed by atoms with Gasteiger partial charge < -0.3 is 9.73 Å². The molecule has 1 aromatic heterocycles. The van der Waals surface area contributed by atoms with Crippen molar-refractivity contribution in [2.45, 2.75) is 39.2 Å². The molecule has 1 unspecified atom stereocenters. The van der Waals surface area contributed by atoms with Gasteiger partial charge in [0.15, 0.2) is 0 Å².